The smallest absolute Gasteiger partial charge is 0.252 e. The number of carbonyl (C=O) groups excluding carboxylic acids is 2. The van der Waals surface area contributed by atoms with Crippen LogP contribution in [0.25, 0.3) is 0 Å². The van der Waals surface area contributed by atoms with E-state index in [2.05, 4.69) is 5.32 Å². The lowest BCUT2D eigenvalue weighted by Gasteiger charge is -2.31. The van der Waals surface area contributed by atoms with Gasteiger partial charge in [-0.05, 0) is 42.0 Å². The molecule has 1 aliphatic heterocycles. The molecule has 2 aromatic heterocycles. The van der Waals surface area contributed by atoms with Crippen LogP contribution in [0.1, 0.15) is 30.2 Å². The summed E-state index contributed by atoms with van der Waals surface area (Å²) < 4.78 is 26.6. The Hall–Kier alpha value is -1.46. The van der Waals surface area contributed by atoms with Crippen molar-refractivity contribution in [2.24, 2.45) is 0 Å². The van der Waals surface area contributed by atoms with Crippen molar-refractivity contribution in [1.29, 1.82) is 0 Å². The topological polar surface area (TPSA) is 86.8 Å². The summed E-state index contributed by atoms with van der Waals surface area (Å²) in [6, 6.07) is 4.27. The van der Waals surface area contributed by atoms with Crippen molar-refractivity contribution in [3.63, 3.8) is 0 Å². The van der Waals surface area contributed by atoms with Crippen molar-refractivity contribution in [3.05, 3.63) is 38.4 Å². The van der Waals surface area contributed by atoms with Gasteiger partial charge >= 0.3 is 0 Å². The number of thiophene rings is 2. The van der Waals surface area contributed by atoms with Crippen molar-refractivity contribution in [2.75, 3.05) is 20.1 Å². The molecular formula is C19H24ClN3O4S3. The predicted octanol–water partition coefficient (Wildman–Crippen LogP) is 2.95. The molecule has 3 heterocycles. The van der Waals surface area contributed by atoms with E-state index in [-0.39, 0.29) is 16.7 Å². The molecule has 0 aromatic carbocycles. The molecule has 30 heavy (non-hydrogen) atoms. The van der Waals surface area contributed by atoms with Gasteiger partial charge in [-0.3, -0.25) is 9.59 Å². The molecule has 2 amide bonds. The van der Waals surface area contributed by atoms with E-state index in [0.29, 0.717) is 23.8 Å². The maximum absolute atomic E-state index is 13.0. The van der Waals surface area contributed by atoms with Gasteiger partial charge in [0, 0.05) is 25.0 Å². The predicted molar refractivity (Wildman–Crippen MR) is 119 cm³/mol. The number of hydrogen-bond acceptors (Lipinski definition) is 6. The minimum absolute atomic E-state index is 0.0730. The Morgan fingerprint density at radius 2 is 2.10 bits per heavy atom. The quantitative estimate of drug-likeness (QED) is 0.617. The van der Waals surface area contributed by atoms with Crippen LogP contribution in [0.3, 0.4) is 0 Å². The summed E-state index contributed by atoms with van der Waals surface area (Å²) in [5.74, 6) is -0.638. The summed E-state index contributed by atoms with van der Waals surface area (Å²) in [6.45, 7) is 2.73. The highest BCUT2D eigenvalue weighted by atomic mass is 35.5. The average molecular weight is 490 g/mol. The van der Waals surface area contributed by atoms with E-state index in [1.54, 1.807) is 16.2 Å². The molecule has 7 nitrogen and oxygen atoms in total. The number of carbonyl (C=O) groups is 2. The second-order valence-corrected chi connectivity index (χ2v) is 12.1. The first-order chi connectivity index (χ1) is 14.2. The lowest BCUT2D eigenvalue weighted by molar-refractivity contribution is -0.137. The van der Waals surface area contributed by atoms with Gasteiger partial charge in [0.25, 0.3) is 10.0 Å². The molecule has 1 atom stereocenters. The molecule has 2 aromatic rings. The zero-order valence-corrected chi connectivity index (χ0v) is 20.0. The fourth-order valence-corrected chi connectivity index (χ4v) is 7.03. The van der Waals surface area contributed by atoms with Crippen LogP contribution in [0, 0.1) is 0 Å². The Kier molecular flexibility index (Phi) is 7.56. The molecule has 1 aliphatic rings. The van der Waals surface area contributed by atoms with Gasteiger partial charge in [0.2, 0.25) is 11.8 Å². The largest absolute Gasteiger partial charge is 0.343 e. The number of fused-ring (bicyclic) bond motifs is 1. The van der Waals surface area contributed by atoms with Gasteiger partial charge in [-0.25, -0.2) is 8.42 Å². The van der Waals surface area contributed by atoms with Gasteiger partial charge in [-0.2, -0.15) is 4.31 Å². The van der Waals surface area contributed by atoms with E-state index in [0.717, 1.165) is 34.0 Å². The van der Waals surface area contributed by atoms with Crippen molar-refractivity contribution < 1.29 is 18.0 Å². The fourth-order valence-electron chi connectivity index (χ4n) is 3.32. The summed E-state index contributed by atoms with van der Waals surface area (Å²) in [4.78, 5) is 28.7. The number of halogens is 1. The Morgan fingerprint density at radius 1 is 1.33 bits per heavy atom. The molecule has 3 rings (SSSR count). The first kappa shape index (κ1) is 23.2. The average Bonchev–Trinajstić information content (AvgIpc) is 3.35. The fraction of sp³-hybridized carbons (Fsp3) is 0.474. The Labute approximate surface area is 189 Å². The third-order valence-electron chi connectivity index (χ3n) is 4.91. The Balaban J connectivity index is 1.63. The Morgan fingerprint density at radius 3 is 2.77 bits per heavy atom. The van der Waals surface area contributed by atoms with Gasteiger partial charge in [-0.15, -0.1) is 22.7 Å². The second kappa shape index (κ2) is 9.78. The zero-order valence-electron chi connectivity index (χ0n) is 16.8. The van der Waals surface area contributed by atoms with Crippen LogP contribution >= 0.6 is 34.3 Å². The lowest BCUT2D eigenvalue weighted by Crippen LogP contribution is -2.51. The van der Waals surface area contributed by atoms with Crippen LogP contribution < -0.4 is 5.32 Å². The van der Waals surface area contributed by atoms with Crippen molar-refractivity contribution in [3.8, 4) is 0 Å². The number of likely N-dealkylation sites (N-methyl/N-ethyl adjacent to an activating group) is 1. The van der Waals surface area contributed by atoms with E-state index in [1.165, 1.54) is 24.1 Å². The maximum Gasteiger partial charge on any atom is 0.252 e. The molecule has 0 bridgehead atoms. The van der Waals surface area contributed by atoms with Gasteiger partial charge in [0.1, 0.15) is 10.3 Å². The SMILES string of the molecule is CCCC(NC(=O)CN(C)S(=O)(=O)c1ccc(Cl)s1)C(=O)N1CCc2sccc2C1. The summed E-state index contributed by atoms with van der Waals surface area (Å²) >= 11 is 8.46. The van der Waals surface area contributed by atoms with Crippen LogP contribution in [0.2, 0.25) is 4.34 Å². The van der Waals surface area contributed by atoms with Gasteiger partial charge in [-0.1, -0.05) is 24.9 Å². The number of nitrogens with one attached hydrogen (secondary N) is 1. The summed E-state index contributed by atoms with van der Waals surface area (Å²) in [5.41, 5.74) is 1.15. The summed E-state index contributed by atoms with van der Waals surface area (Å²) in [6.07, 6.45) is 2.03. The maximum atomic E-state index is 13.0. The highest BCUT2D eigenvalue weighted by molar-refractivity contribution is 7.91. The minimum atomic E-state index is -3.82. The summed E-state index contributed by atoms with van der Waals surface area (Å²) in [5, 5.41) is 4.76. The van der Waals surface area contributed by atoms with E-state index >= 15 is 0 Å². The van der Waals surface area contributed by atoms with Gasteiger partial charge in [0.05, 0.1) is 10.9 Å². The second-order valence-electron chi connectivity index (χ2n) is 7.11. The van der Waals surface area contributed by atoms with Crippen LogP contribution in [-0.2, 0) is 32.6 Å². The Bertz CT molecular complexity index is 1020. The van der Waals surface area contributed by atoms with Gasteiger partial charge < -0.3 is 10.2 Å². The highest BCUT2D eigenvalue weighted by Crippen LogP contribution is 2.27. The first-order valence-electron chi connectivity index (χ1n) is 9.57. The minimum Gasteiger partial charge on any atom is -0.343 e. The van der Waals surface area contributed by atoms with Crippen molar-refractivity contribution in [2.45, 2.75) is 43.0 Å². The van der Waals surface area contributed by atoms with E-state index in [9.17, 15) is 18.0 Å². The van der Waals surface area contributed by atoms with Crippen LogP contribution in [0.5, 0.6) is 0 Å². The third-order valence-corrected chi connectivity index (χ3v) is 9.43. The van der Waals surface area contributed by atoms with Crippen molar-refractivity contribution >= 4 is 56.1 Å². The zero-order chi connectivity index (χ0) is 21.9. The molecule has 11 heteroatoms. The normalized spacial score (nSPS) is 15.1. The van der Waals surface area contributed by atoms with Crippen LogP contribution in [0.15, 0.2) is 27.8 Å². The van der Waals surface area contributed by atoms with E-state index in [1.807, 2.05) is 18.4 Å². The van der Waals surface area contributed by atoms with E-state index < -0.39 is 22.0 Å². The van der Waals surface area contributed by atoms with Crippen LogP contribution in [-0.4, -0.2) is 55.6 Å². The van der Waals surface area contributed by atoms with E-state index in [4.69, 9.17) is 11.6 Å². The molecule has 1 unspecified atom stereocenters. The number of rotatable bonds is 8. The molecule has 164 valence electrons. The molecular weight excluding hydrogens is 466 g/mol. The first-order valence-corrected chi connectivity index (χ1v) is 13.1. The summed E-state index contributed by atoms with van der Waals surface area (Å²) in [7, 11) is -2.48. The highest BCUT2D eigenvalue weighted by Gasteiger charge is 2.30. The number of hydrogen-bond donors (Lipinski definition) is 1. The molecule has 0 aliphatic carbocycles. The molecule has 0 fully saturated rings. The third kappa shape index (κ3) is 5.23. The van der Waals surface area contributed by atoms with Crippen LogP contribution in [0.4, 0.5) is 0 Å². The number of amides is 2. The van der Waals surface area contributed by atoms with Crippen molar-refractivity contribution in [1.82, 2.24) is 14.5 Å². The molecule has 0 radical (unpaired) electrons. The molecule has 0 saturated carbocycles. The molecule has 0 spiro atoms. The number of nitrogens with zero attached hydrogens (tertiary/aromatic N) is 2. The molecule has 0 saturated heterocycles. The van der Waals surface area contributed by atoms with Gasteiger partial charge in [0.15, 0.2) is 0 Å². The monoisotopic (exact) mass is 489 g/mol. The molecule has 1 N–H and O–H groups in total. The number of sulfonamides is 1. The standard InChI is InChI=1S/C19H24ClN3O4S3/c1-3-4-14(19(25)23-9-7-15-13(11-23)8-10-28-15)21-17(24)12-22(2)30(26,27)18-6-5-16(20)29-18/h5-6,8,10,14H,3-4,7,9,11-12H2,1-2H3,(H,21,24). The lowest BCUT2D eigenvalue weighted by atomic mass is 10.1.